The summed E-state index contributed by atoms with van der Waals surface area (Å²) >= 11 is 0. The molecule has 0 saturated heterocycles. The van der Waals surface area contributed by atoms with Crippen molar-refractivity contribution in [1.29, 1.82) is 0 Å². The van der Waals surface area contributed by atoms with Crippen molar-refractivity contribution in [3.63, 3.8) is 0 Å². The van der Waals surface area contributed by atoms with Crippen LogP contribution in [0.25, 0.3) is 0 Å². The maximum absolute atomic E-state index is 12.1. The molecule has 0 aliphatic heterocycles. The van der Waals surface area contributed by atoms with Gasteiger partial charge < -0.3 is 5.73 Å². The first-order valence-corrected chi connectivity index (χ1v) is 3.34. The predicted octanol–water partition coefficient (Wildman–Crippen LogP) is 2.60. The van der Waals surface area contributed by atoms with Crippen molar-refractivity contribution in [3.8, 4) is 0 Å². The number of rotatable bonds is 0. The van der Waals surface area contributed by atoms with Gasteiger partial charge in [0.1, 0.15) is 0 Å². The van der Waals surface area contributed by atoms with Gasteiger partial charge in [0.25, 0.3) is 0 Å². The first-order chi connectivity index (χ1) is 5.41. The lowest BCUT2D eigenvalue weighted by Crippen LogP contribution is -2.08. The zero-order valence-electron chi connectivity index (χ0n) is 6.44. The van der Waals surface area contributed by atoms with Gasteiger partial charge in [-0.1, -0.05) is 6.07 Å². The molecule has 0 bridgehead atoms. The molecule has 0 fully saturated rings. The molecule has 0 spiro atoms. The van der Waals surface area contributed by atoms with Crippen molar-refractivity contribution in [2.75, 3.05) is 5.73 Å². The first-order valence-electron chi connectivity index (χ1n) is 3.34. The quantitative estimate of drug-likeness (QED) is 0.602. The number of halogens is 3. The van der Waals surface area contributed by atoms with Crippen LogP contribution in [-0.4, -0.2) is 0 Å². The summed E-state index contributed by atoms with van der Waals surface area (Å²) in [6.45, 7) is 1.69. The summed E-state index contributed by atoms with van der Waals surface area (Å²) in [7, 11) is 0. The maximum atomic E-state index is 12.1. The number of nitrogens with two attached hydrogens (primary N) is 1. The van der Waals surface area contributed by atoms with Crippen LogP contribution in [0, 0.1) is 6.92 Å². The van der Waals surface area contributed by atoms with Gasteiger partial charge in [-0.25, -0.2) is 0 Å². The molecule has 4 heteroatoms. The molecule has 0 aliphatic rings. The Kier molecular flexibility index (Phi) is 2.00. The Hall–Kier alpha value is -1.19. The molecular formula is C8H8F3N. The van der Waals surface area contributed by atoms with Crippen LogP contribution in [0.1, 0.15) is 11.1 Å². The Morgan fingerprint density at radius 2 is 1.83 bits per heavy atom. The second kappa shape index (κ2) is 2.69. The minimum atomic E-state index is -4.35. The van der Waals surface area contributed by atoms with E-state index in [2.05, 4.69) is 0 Å². The van der Waals surface area contributed by atoms with Crippen LogP contribution in [0.2, 0.25) is 0 Å². The summed E-state index contributed by atoms with van der Waals surface area (Å²) in [5.74, 6) is 0. The summed E-state index contributed by atoms with van der Waals surface area (Å²) in [4.78, 5) is 0. The van der Waals surface area contributed by atoms with Crippen molar-refractivity contribution < 1.29 is 13.2 Å². The minimum absolute atomic E-state index is 0.220. The lowest BCUT2D eigenvalue weighted by Gasteiger charge is -2.09. The van der Waals surface area contributed by atoms with Gasteiger partial charge in [0, 0.05) is 5.69 Å². The summed E-state index contributed by atoms with van der Waals surface area (Å²) in [6.07, 6.45) is -4.35. The highest BCUT2D eigenvalue weighted by atomic mass is 19.4. The predicted molar refractivity (Wildman–Crippen MR) is 40.6 cm³/mol. The highest BCUT2D eigenvalue weighted by Gasteiger charge is 2.32. The molecule has 0 aliphatic carbocycles. The highest BCUT2D eigenvalue weighted by Crippen LogP contribution is 2.33. The molecule has 1 aromatic carbocycles. The fourth-order valence-electron chi connectivity index (χ4n) is 0.940. The average molecular weight is 175 g/mol. The number of aryl methyl sites for hydroxylation is 1. The third kappa shape index (κ3) is 1.69. The third-order valence-electron chi connectivity index (χ3n) is 1.51. The first kappa shape index (κ1) is 8.90. The van der Waals surface area contributed by atoms with E-state index in [9.17, 15) is 13.2 Å². The van der Waals surface area contributed by atoms with E-state index in [1.165, 1.54) is 12.1 Å². The van der Waals surface area contributed by atoms with Crippen molar-refractivity contribution in [3.05, 3.63) is 29.3 Å². The Balaban J connectivity index is 3.19. The highest BCUT2D eigenvalue weighted by molar-refractivity contribution is 5.50. The lowest BCUT2D eigenvalue weighted by molar-refractivity contribution is -0.136. The third-order valence-corrected chi connectivity index (χ3v) is 1.51. The maximum Gasteiger partial charge on any atom is 0.418 e. The number of anilines is 1. The van der Waals surface area contributed by atoms with E-state index < -0.39 is 11.7 Å². The number of hydrogen-bond donors (Lipinski definition) is 1. The number of alkyl halides is 3. The molecule has 1 rings (SSSR count). The van der Waals surface area contributed by atoms with Crippen LogP contribution >= 0.6 is 0 Å². The molecule has 1 nitrogen and oxygen atoms in total. The Morgan fingerprint density at radius 3 is 2.25 bits per heavy atom. The van der Waals surface area contributed by atoms with E-state index in [1.54, 1.807) is 6.92 Å². The second-order valence-corrected chi connectivity index (χ2v) is 2.59. The minimum Gasteiger partial charge on any atom is -0.398 e. The van der Waals surface area contributed by atoms with Crippen molar-refractivity contribution in [2.24, 2.45) is 0 Å². The van der Waals surface area contributed by atoms with E-state index in [1.807, 2.05) is 0 Å². The van der Waals surface area contributed by atoms with Crippen LogP contribution in [0.3, 0.4) is 0 Å². The van der Waals surface area contributed by atoms with Gasteiger partial charge in [-0.15, -0.1) is 0 Å². The van der Waals surface area contributed by atoms with E-state index in [0.717, 1.165) is 11.6 Å². The molecule has 0 saturated carbocycles. The van der Waals surface area contributed by atoms with Gasteiger partial charge in [-0.3, -0.25) is 0 Å². The summed E-state index contributed by atoms with van der Waals surface area (Å²) in [5, 5.41) is 0. The number of benzene rings is 1. The molecule has 2 N–H and O–H groups in total. The molecule has 0 radical (unpaired) electrons. The molecule has 1 aromatic rings. The zero-order valence-corrected chi connectivity index (χ0v) is 6.44. The van der Waals surface area contributed by atoms with Crippen LogP contribution in [-0.2, 0) is 6.18 Å². The summed E-state index contributed by atoms with van der Waals surface area (Å²) in [5.41, 5.74) is 4.92. The van der Waals surface area contributed by atoms with Gasteiger partial charge in [0.15, 0.2) is 0 Å². The molecule has 12 heavy (non-hydrogen) atoms. The summed E-state index contributed by atoms with van der Waals surface area (Å²) in [6, 6.07) is 3.69. The van der Waals surface area contributed by atoms with Crippen molar-refractivity contribution >= 4 is 5.69 Å². The number of hydrogen-bond acceptors (Lipinski definition) is 1. The van der Waals surface area contributed by atoms with Gasteiger partial charge in [-0.05, 0) is 24.6 Å². The van der Waals surface area contributed by atoms with Crippen LogP contribution in [0.5, 0.6) is 0 Å². The summed E-state index contributed by atoms with van der Waals surface area (Å²) < 4.78 is 36.3. The topological polar surface area (TPSA) is 26.0 Å². The molecule has 0 atom stereocenters. The van der Waals surface area contributed by atoms with Crippen LogP contribution < -0.4 is 5.73 Å². The Morgan fingerprint density at radius 1 is 1.25 bits per heavy atom. The number of nitrogen functional groups attached to an aromatic ring is 1. The van der Waals surface area contributed by atoms with E-state index in [0.29, 0.717) is 0 Å². The van der Waals surface area contributed by atoms with E-state index >= 15 is 0 Å². The molecule has 0 unspecified atom stereocenters. The average Bonchev–Trinajstić information content (AvgIpc) is 1.83. The fourth-order valence-corrected chi connectivity index (χ4v) is 0.940. The second-order valence-electron chi connectivity index (χ2n) is 2.59. The molecular weight excluding hydrogens is 167 g/mol. The molecule has 0 heterocycles. The van der Waals surface area contributed by atoms with E-state index in [-0.39, 0.29) is 5.69 Å². The normalized spacial score (nSPS) is 11.7. The van der Waals surface area contributed by atoms with Crippen molar-refractivity contribution in [2.45, 2.75) is 13.1 Å². The SMILES string of the molecule is Cc1ccc(C(F)(F)F)c(N)c1. The van der Waals surface area contributed by atoms with E-state index in [4.69, 9.17) is 5.73 Å². The Bertz CT molecular complexity index is 291. The Labute approximate surface area is 68.0 Å². The largest absolute Gasteiger partial charge is 0.418 e. The van der Waals surface area contributed by atoms with Gasteiger partial charge in [-0.2, -0.15) is 13.2 Å². The van der Waals surface area contributed by atoms with Gasteiger partial charge >= 0.3 is 6.18 Å². The smallest absolute Gasteiger partial charge is 0.398 e. The molecule has 66 valence electrons. The van der Waals surface area contributed by atoms with Gasteiger partial charge in [0.05, 0.1) is 5.56 Å². The fraction of sp³-hybridized carbons (Fsp3) is 0.250. The van der Waals surface area contributed by atoms with Crippen LogP contribution in [0.15, 0.2) is 18.2 Å². The van der Waals surface area contributed by atoms with Crippen LogP contribution in [0.4, 0.5) is 18.9 Å². The van der Waals surface area contributed by atoms with Gasteiger partial charge in [0.2, 0.25) is 0 Å². The zero-order chi connectivity index (χ0) is 9.35. The lowest BCUT2D eigenvalue weighted by atomic mass is 10.1. The molecule has 0 aromatic heterocycles. The van der Waals surface area contributed by atoms with Crippen molar-refractivity contribution in [1.82, 2.24) is 0 Å². The monoisotopic (exact) mass is 175 g/mol. The standard InChI is InChI=1S/C8H8F3N/c1-5-2-3-6(7(12)4-5)8(9,10)11/h2-4H,12H2,1H3. The molecule has 0 amide bonds.